The molecule has 0 aromatic carbocycles. The van der Waals surface area contributed by atoms with Gasteiger partial charge in [0.15, 0.2) is 0 Å². The van der Waals surface area contributed by atoms with Crippen LogP contribution in [0, 0.1) is 5.41 Å². The van der Waals surface area contributed by atoms with Crippen molar-refractivity contribution < 1.29 is 8.78 Å². The van der Waals surface area contributed by atoms with Gasteiger partial charge in [-0.2, -0.15) is 0 Å². The SMILES string of the molecule is CCC(C)(C)C(C)(F)CF. The molecule has 0 aromatic rings. The van der Waals surface area contributed by atoms with E-state index < -0.39 is 17.8 Å². The maximum Gasteiger partial charge on any atom is 0.141 e. The lowest BCUT2D eigenvalue weighted by Crippen LogP contribution is -2.39. The van der Waals surface area contributed by atoms with Crippen molar-refractivity contribution in [2.45, 2.75) is 39.8 Å². The molecule has 1 atom stereocenters. The van der Waals surface area contributed by atoms with Crippen molar-refractivity contribution in [1.29, 1.82) is 0 Å². The lowest BCUT2D eigenvalue weighted by molar-refractivity contribution is 0.00804. The van der Waals surface area contributed by atoms with Crippen LogP contribution in [0.4, 0.5) is 8.78 Å². The molecule has 0 radical (unpaired) electrons. The van der Waals surface area contributed by atoms with E-state index in [1.54, 1.807) is 13.8 Å². The quantitative estimate of drug-likeness (QED) is 0.579. The summed E-state index contributed by atoms with van der Waals surface area (Å²) in [5, 5.41) is 0. The van der Waals surface area contributed by atoms with Crippen LogP contribution >= 0.6 is 0 Å². The number of hydrogen-bond acceptors (Lipinski definition) is 0. The van der Waals surface area contributed by atoms with Gasteiger partial charge in [0.1, 0.15) is 12.3 Å². The van der Waals surface area contributed by atoms with Gasteiger partial charge >= 0.3 is 0 Å². The van der Waals surface area contributed by atoms with Crippen molar-refractivity contribution in [3.05, 3.63) is 0 Å². The Labute approximate surface area is 61.6 Å². The van der Waals surface area contributed by atoms with Gasteiger partial charge in [0.25, 0.3) is 0 Å². The van der Waals surface area contributed by atoms with Gasteiger partial charge in [0.2, 0.25) is 0 Å². The summed E-state index contributed by atoms with van der Waals surface area (Å²) < 4.78 is 25.3. The maximum atomic E-state index is 13.2. The van der Waals surface area contributed by atoms with Crippen LogP contribution in [0.3, 0.4) is 0 Å². The first kappa shape index (κ1) is 9.86. The van der Waals surface area contributed by atoms with Crippen molar-refractivity contribution in [2.75, 3.05) is 6.67 Å². The van der Waals surface area contributed by atoms with Crippen LogP contribution in [0.15, 0.2) is 0 Å². The second-order valence-electron chi connectivity index (χ2n) is 3.57. The summed E-state index contributed by atoms with van der Waals surface area (Å²) in [4.78, 5) is 0. The Morgan fingerprint density at radius 1 is 1.20 bits per heavy atom. The zero-order valence-electron chi connectivity index (χ0n) is 7.17. The van der Waals surface area contributed by atoms with E-state index in [9.17, 15) is 8.78 Å². The second kappa shape index (κ2) is 2.85. The molecule has 0 bridgehead atoms. The van der Waals surface area contributed by atoms with Gasteiger partial charge in [-0.05, 0) is 13.3 Å². The Balaban J connectivity index is 4.28. The molecule has 0 saturated carbocycles. The van der Waals surface area contributed by atoms with E-state index in [0.717, 1.165) is 0 Å². The van der Waals surface area contributed by atoms with Crippen LogP contribution in [0.5, 0.6) is 0 Å². The van der Waals surface area contributed by atoms with E-state index in [2.05, 4.69) is 0 Å². The molecule has 0 amide bonds. The van der Waals surface area contributed by atoms with Crippen LogP contribution in [0.25, 0.3) is 0 Å². The molecule has 10 heavy (non-hydrogen) atoms. The lowest BCUT2D eigenvalue weighted by Gasteiger charge is -2.34. The molecule has 2 heteroatoms. The third-order valence-corrected chi connectivity index (χ3v) is 2.55. The maximum absolute atomic E-state index is 13.2. The van der Waals surface area contributed by atoms with Gasteiger partial charge < -0.3 is 0 Å². The van der Waals surface area contributed by atoms with Crippen LogP contribution in [0.1, 0.15) is 34.1 Å². The smallest absolute Gasteiger partial charge is 0.141 e. The standard InChI is InChI=1S/C8H16F2/c1-5-7(2,3)8(4,10)6-9/h5-6H2,1-4H3. The third-order valence-electron chi connectivity index (χ3n) is 2.55. The molecule has 0 N–H and O–H groups in total. The third kappa shape index (κ3) is 1.68. The number of alkyl halides is 2. The predicted molar refractivity (Wildman–Crippen MR) is 39.6 cm³/mol. The molecule has 0 nitrogen and oxygen atoms in total. The fourth-order valence-electron chi connectivity index (χ4n) is 0.549. The normalized spacial score (nSPS) is 18.6. The van der Waals surface area contributed by atoms with E-state index in [1.165, 1.54) is 6.92 Å². The molecule has 0 aromatic heterocycles. The van der Waals surface area contributed by atoms with Crippen LogP contribution in [-0.4, -0.2) is 12.3 Å². The zero-order valence-corrected chi connectivity index (χ0v) is 7.17. The van der Waals surface area contributed by atoms with Crippen molar-refractivity contribution in [1.82, 2.24) is 0 Å². The molecule has 0 fully saturated rings. The minimum absolute atomic E-state index is 0.554. The van der Waals surface area contributed by atoms with E-state index >= 15 is 0 Å². The van der Waals surface area contributed by atoms with Crippen LogP contribution in [0.2, 0.25) is 0 Å². The van der Waals surface area contributed by atoms with Gasteiger partial charge in [0, 0.05) is 5.41 Å². The molecule has 0 spiro atoms. The predicted octanol–water partition coefficient (Wildman–Crippen LogP) is 3.12. The Hall–Kier alpha value is -0.140. The first-order chi connectivity index (χ1) is 4.37. The average Bonchev–Trinajstić information content (AvgIpc) is 1.88. The average molecular weight is 150 g/mol. The minimum atomic E-state index is -1.68. The fraction of sp³-hybridized carbons (Fsp3) is 1.00. The van der Waals surface area contributed by atoms with E-state index in [0.29, 0.717) is 6.42 Å². The molecular weight excluding hydrogens is 134 g/mol. The largest absolute Gasteiger partial charge is 0.248 e. The van der Waals surface area contributed by atoms with E-state index in [-0.39, 0.29) is 0 Å². The van der Waals surface area contributed by atoms with E-state index in [1.807, 2.05) is 6.92 Å². The highest BCUT2D eigenvalue weighted by Gasteiger charge is 2.39. The Morgan fingerprint density at radius 3 is 1.70 bits per heavy atom. The van der Waals surface area contributed by atoms with Gasteiger partial charge in [-0.25, -0.2) is 8.78 Å². The summed E-state index contributed by atoms with van der Waals surface area (Å²) in [7, 11) is 0. The minimum Gasteiger partial charge on any atom is -0.248 e. The Morgan fingerprint density at radius 2 is 1.60 bits per heavy atom. The molecule has 0 heterocycles. The first-order valence-electron chi connectivity index (χ1n) is 3.62. The van der Waals surface area contributed by atoms with Crippen molar-refractivity contribution in [3.8, 4) is 0 Å². The molecule has 1 unspecified atom stereocenters. The lowest BCUT2D eigenvalue weighted by atomic mass is 9.76. The summed E-state index contributed by atoms with van der Waals surface area (Å²) >= 11 is 0. The van der Waals surface area contributed by atoms with Gasteiger partial charge in [-0.1, -0.05) is 20.8 Å². The summed E-state index contributed by atoms with van der Waals surface area (Å²) in [6.07, 6.45) is 0.657. The van der Waals surface area contributed by atoms with Gasteiger partial charge in [-0.3, -0.25) is 0 Å². The topological polar surface area (TPSA) is 0 Å². The number of rotatable bonds is 3. The fourth-order valence-corrected chi connectivity index (χ4v) is 0.549. The van der Waals surface area contributed by atoms with Crippen LogP contribution in [-0.2, 0) is 0 Å². The monoisotopic (exact) mass is 150 g/mol. The molecule has 0 aliphatic carbocycles. The van der Waals surface area contributed by atoms with Gasteiger partial charge in [-0.15, -0.1) is 0 Å². The molecule has 0 rings (SSSR count). The molecule has 0 saturated heterocycles. The van der Waals surface area contributed by atoms with Crippen molar-refractivity contribution in [2.24, 2.45) is 5.41 Å². The first-order valence-corrected chi connectivity index (χ1v) is 3.62. The molecular formula is C8H16F2. The summed E-state index contributed by atoms with van der Waals surface area (Å²) in [6, 6.07) is 0. The van der Waals surface area contributed by atoms with Gasteiger partial charge in [0.05, 0.1) is 0 Å². The van der Waals surface area contributed by atoms with Crippen molar-refractivity contribution >= 4 is 0 Å². The zero-order chi connectivity index (χ0) is 8.41. The second-order valence-corrected chi connectivity index (χ2v) is 3.57. The Kier molecular flexibility index (Phi) is 2.81. The van der Waals surface area contributed by atoms with Crippen LogP contribution < -0.4 is 0 Å². The molecule has 62 valence electrons. The molecule has 0 aliphatic rings. The highest BCUT2D eigenvalue weighted by molar-refractivity contribution is 4.88. The summed E-state index contributed by atoms with van der Waals surface area (Å²) in [5.74, 6) is 0. The highest BCUT2D eigenvalue weighted by atomic mass is 19.2. The van der Waals surface area contributed by atoms with E-state index in [4.69, 9.17) is 0 Å². The summed E-state index contributed by atoms with van der Waals surface area (Å²) in [6.45, 7) is 5.77. The molecule has 0 aliphatic heterocycles. The summed E-state index contributed by atoms with van der Waals surface area (Å²) in [5.41, 5.74) is -2.23. The number of halogens is 2. The Bertz CT molecular complexity index is 91.8. The number of hydrogen-bond donors (Lipinski definition) is 0. The highest BCUT2D eigenvalue weighted by Crippen LogP contribution is 2.37. The van der Waals surface area contributed by atoms with Crippen molar-refractivity contribution in [3.63, 3.8) is 0 Å².